The van der Waals surface area contributed by atoms with Gasteiger partial charge in [0.25, 0.3) is 11.8 Å². The number of tetrazole rings is 1. The number of benzene rings is 2. The summed E-state index contributed by atoms with van der Waals surface area (Å²) in [5.74, 6) is -7.81. The Morgan fingerprint density at radius 3 is 2.46 bits per heavy atom. The molecule has 0 spiro atoms. The number of phenols is 2. The maximum absolute atomic E-state index is 13.9. The number of carboxylic acids is 3. The van der Waals surface area contributed by atoms with Crippen LogP contribution in [-0.4, -0.2) is 116 Å². The number of carbonyl (C=O) groups excluding carboxylic acids is 3. The second-order valence-electron chi connectivity index (χ2n) is 11.4. The predicted octanol–water partition coefficient (Wildman–Crippen LogP) is -0.259. The lowest BCUT2D eigenvalue weighted by molar-refractivity contribution is -0.151. The van der Waals surface area contributed by atoms with Gasteiger partial charge in [-0.05, 0) is 45.8 Å². The first-order valence-corrected chi connectivity index (χ1v) is 17.3. The number of rotatable bonds is 14. The van der Waals surface area contributed by atoms with E-state index in [-0.39, 0.29) is 39.1 Å². The molecule has 3 atom stereocenters. The van der Waals surface area contributed by atoms with Gasteiger partial charge in [-0.2, -0.15) is 0 Å². The molecular weight excluding hydrogens is 759 g/mol. The first-order chi connectivity index (χ1) is 25.7. The number of carbonyl (C=O) groups is 6. The number of aliphatic carboxylic acids is 3. The number of nitrogens with zero attached hydrogens (tertiary/aromatic N) is 5. The van der Waals surface area contributed by atoms with Gasteiger partial charge in [-0.1, -0.05) is 23.9 Å². The van der Waals surface area contributed by atoms with Crippen LogP contribution in [0.3, 0.4) is 0 Å². The van der Waals surface area contributed by atoms with Crippen LogP contribution in [0.5, 0.6) is 17.2 Å². The number of thioether (sulfide) groups is 2. The Morgan fingerprint density at radius 2 is 1.78 bits per heavy atom. The summed E-state index contributed by atoms with van der Waals surface area (Å²) < 4.78 is 11.4. The van der Waals surface area contributed by atoms with E-state index in [9.17, 15) is 48.9 Å². The van der Waals surface area contributed by atoms with Gasteiger partial charge in [0.2, 0.25) is 22.2 Å². The van der Waals surface area contributed by atoms with E-state index in [1.54, 1.807) is 0 Å². The van der Waals surface area contributed by atoms with Crippen LogP contribution < -0.4 is 20.8 Å². The van der Waals surface area contributed by atoms with Gasteiger partial charge in [0, 0.05) is 11.5 Å². The molecule has 6 rings (SSSR count). The number of aromatic hydroxyl groups is 2. The average Bonchev–Trinajstić information content (AvgIpc) is 3.58. The molecule has 7 N–H and O–H groups in total. The Kier molecular flexibility index (Phi) is 10.4. The van der Waals surface area contributed by atoms with Crippen LogP contribution in [0, 0.1) is 0 Å². The molecule has 2 aromatic heterocycles. The fraction of sp³-hybridized carbons (Fsp3) is 0.226. The molecule has 23 heteroatoms. The van der Waals surface area contributed by atoms with Gasteiger partial charge < -0.3 is 45.3 Å². The monoisotopic (exact) mass is 783 g/mol. The molecule has 0 aliphatic carbocycles. The summed E-state index contributed by atoms with van der Waals surface area (Å²) in [5.41, 5.74) is -1.81. The van der Waals surface area contributed by atoms with Crippen molar-refractivity contribution in [2.45, 2.75) is 29.2 Å². The Balaban J connectivity index is 1.23. The SMILES string of the molecule is O=C(O)COc1ccc(C(NC(=O)c2coc3c(O)c(O)ccc3c2=O)C(=O)N[C@@H]2C(=O)N3C(C(=O)O)=C(CSc4nnnn4CC(=O)O)CS[C@H]23)cc1. The number of nitrogens with one attached hydrogen (secondary N) is 2. The van der Waals surface area contributed by atoms with Gasteiger partial charge in [0.1, 0.15) is 47.3 Å². The lowest BCUT2D eigenvalue weighted by Gasteiger charge is -2.49. The molecule has 0 bridgehead atoms. The second kappa shape index (κ2) is 15.2. The quantitative estimate of drug-likeness (QED) is 0.0492. The van der Waals surface area contributed by atoms with Crippen LogP contribution in [0.15, 0.2) is 68.3 Å². The number of phenolic OH excluding ortho intramolecular Hbond substituents is 2. The van der Waals surface area contributed by atoms with E-state index < -0.39 is 94.3 Å². The zero-order valence-corrected chi connectivity index (χ0v) is 28.7. The number of aromatic nitrogens is 4. The molecule has 4 aromatic rings. The van der Waals surface area contributed by atoms with Crippen molar-refractivity contribution < 1.29 is 63.5 Å². The van der Waals surface area contributed by atoms with E-state index in [1.807, 2.05) is 0 Å². The number of fused-ring (bicyclic) bond motifs is 2. The molecule has 4 heterocycles. The van der Waals surface area contributed by atoms with Crippen molar-refractivity contribution >= 4 is 70.1 Å². The summed E-state index contributed by atoms with van der Waals surface area (Å²) in [6, 6.07) is 4.59. The molecule has 21 nitrogen and oxygen atoms in total. The van der Waals surface area contributed by atoms with E-state index in [2.05, 4.69) is 26.2 Å². The zero-order valence-electron chi connectivity index (χ0n) is 27.1. The minimum Gasteiger partial charge on any atom is -0.504 e. The minimum atomic E-state index is -1.59. The smallest absolute Gasteiger partial charge is 0.352 e. The first-order valence-electron chi connectivity index (χ1n) is 15.3. The van der Waals surface area contributed by atoms with Gasteiger partial charge >= 0.3 is 17.9 Å². The average molecular weight is 784 g/mol. The molecule has 1 unspecified atom stereocenters. The molecule has 0 radical (unpaired) electrons. The third-order valence-corrected chi connectivity index (χ3v) is 10.3. The van der Waals surface area contributed by atoms with Crippen LogP contribution in [-0.2, 0) is 30.5 Å². The standard InChI is InChI=1S/C31H25N7O14S2/c39-17-6-5-15-23(44)16(8-52-25(15)24(17)45)26(46)32-20(12-1-3-14(4-2-12)51-9-19(42)43)27(47)33-21-28(48)38-22(30(49)50)13(10-53-29(21)38)11-54-31-34-35-36-37(31)7-18(40)41/h1-6,8,20-21,29,39,45H,7,9-11H2,(H,32,46)(H,33,47)(H,40,41)(H,42,43)(H,49,50)/t20?,21-,29-/m1/s1. The predicted molar refractivity (Wildman–Crippen MR) is 181 cm³/mol. The number of amides is 3. The van der Waals surface area contributed by atoms with Crippen molar-refractivity contribution in [3.8, 4) is 17.2 Å². The van der Waals surface area contributed by atoms with Gasteiger partial charge in [-0.3, -0.25) is 28.9 Å². The third-order valence-electron chi connectivity index (χ3n) is 7.96. The van der Waals surface area contributed by atoms with Crippen molar-refractivity contribution in [3.63, 3.8) is 0 Å². The highest BCUT2D eigenvalue weighted by atomic mass is 32.2. The van der Waals surface area contributed by atoms with Crippen LogP contribution in [0.4, 0.5) is 0 Å². The second-order valence-corrected chi connectivity index (χ2v) is 13.4. The van der Waals surface area contributed by atoms with Crippen LogP contribution in [0.1, 0.15) is 22.0 Å². The number of hydrogen-bond donors (Lipinski definition) is 7. The maximum atomic E-state index is 13.9. The van der Waals surface area contributed by atoms with Crippen molar-refractivity contribution in [1.82, 2.24) is 35.7 Å². The number of hydrogen-bond acceptors (Lipinski definition) is 16. The van der Waals surface area contributed by atoms with Gasteiger partial charge in [-0.15, -0.1) is 16.9 Å². The summed E-state index contributed by atoms with van der Waals surface area (Å²) in [4.78, 5) is 89.4. The fourth-order valence-electron chi connectivity index (χ4n) is 5.45. The summed E-state index contributed by atoms with van der Waals surface area (Å²) in [6.07, 6.45) is 0.727. The molecule has 0 saturated carbocycles. The molecule has 3 amide bonds. The van der Waals surface area contributed by atoms with E-state index >= 15 is 0 Å². The number of β-lactam (4-membered cyclic amide) rings is 1. The highest BCUT2D eigenvalue weighted by Crippen LogP contribution is 2.42. The molecule has 280 valence electrons. The van der Waals surface area contributed by atoms with Crippen molar-refractivity contribution in [2.24, 2.45) is 0 Å². The fourth-order valence-corrected chi connectivity index (χ4v) is 7.81. The molecular formula is C31H25N7O14S2. The Hall–Kier alpha value is -6.62. The van der Waals surface area contributed by atoms with E-state index in [0.29, 0.717) is 5.57 Å². The van der Waals surface area contributed by atoms with Crippen molar-refractivity contribution in [3.05, 3.63) is 75.3 Å². The minimum absolute atomic E-state index is 0.00796. The van der Waals surface area contributed by atoms with Gasteiger partial charge in [0.15, 0.2) is 17.9 Å². The third kappa shape index (κ3) is 7.34. The lowest BCUT2D eigenvalue weighted by atomic mass is 10.0. The molecule has 54 heavy (non-hydrogen) atoms. The molecule has 1 saturated heterocycles. The maximum Gasteiger partial charge on any atom is 0.352 e. The van der Waals surface area contributed by atoms with E-state index in [4.69, 9.17) is 19.4 Å². The molecule has 2 aliphatic heterocycles. The summed E-state index contributed by atoms with van der Waals surface area (Å²) >= 11 is 2.11. The van der Waals surface area contributed by atoms with E-state index in [1.165, 1.54) is 24.3 Å². The topological polar surface area (TPSA) is 314 Å². The molecule has 2 aliphatic rings. The Bertz CT molecular complexity index is 2310. The van der Waals surface area contributed by atoms with Crippen LogP contribution >= 0.6 is 23.5 Å². The zero-order chi connectivity index (χ0) is 38.8. The van der Waals surface area contributed by atoms with Crippen molar-refractivity contribution in [2.75, 3.05) is 18.1 Å². The van der Waals surface area contributed by atoms with Gasteiger partial charge in [0.05, 0.1) is 5.39 Å². The molecule has 2 aromatic carbocycles. The van der Waals surface area contributed by atoms with Crippen LogP contribution in [0.2, 0.25) is 0 Å². The normalized spacial score (nSPS) is 17.0. The molecule has 1 fully saturated rings. The summed E-state index contributed by atoms with van der Waals surface area (Å²) in [6.45, 7) is -1.19. The number of ether oxygens (including phenoxy) is 1. The van der Waals surface area contributed by atoms with Gasteiger partial charge in [-0.25, -0.2) is 14.3 Å². The number of carboxylic acid groups (broad SMARTS) is 3. The van der Waals surface area contributed by atoms with Crippen molar-refractivity contribution in [1.29, 1.82) is 0 Å². The largest absolute Gasteiger partial charge is 0.504 e. The highest BCUT2D eigenvalue weighted by molar-refractivity contribution is 8.01. The lowest BCUT2D eigenvalue weighted by Crippen LogP contribution is -2.71. The van der Waals surface area contributed by atoms with Crippen LogP contribution in [0.25, 0.3) is 11.0 Å². The highest BCUT2D eigenvalue weighted by Gasteiger charge is 2.54. The summed E-state index contributed by atoms with van der Waals surface area (Å²) in [5, 5.41) is 62.6. The summed E-state index contributed by atoms with van der Waals surface area (Å²) in [7, 11) is 0. The van der Waals surface area contributed by atoms with E-state index in [0.717, 1.165) is 51.5 Å². The first kappa shape index (κ1) is 37.1. The Morgan fingerprint density at radius 1 is 1.04 bits per heavy atom. The Labute approximate surface area is 308 Å².